The van der Waals surface area contributed by atoms with Gasteiger partial charge in [-0.05, 0) is 25.8 Å². The van der Waals surface area contributed by atoms with Crippen LogP contribution in [0.25, 0.3) is 0 Å². The van der Waals surface area contributed by atoms with Crippen LogP contribution < -0.4 is 4.65 Å². The number of quaternary nitrogens is 1. The molecule has 0 aromatic heterocycles. The van der Waals surface area contributed by atoms with E-state index in [0.29, 0.717) is 10.7 Å². The summed E-state index contributed by atoms with van der Waals surface area (Å²) in [6.45, 7) is 9.89. The number of hydrogen-bond donors (Lipinski definition) is 0. The molecule has 0 amide bonds. The molecule has 2 unspecified atom stereocenters. The molecule has 1 aliphatic heterocycles. The van der Waals surface area contributed by atoms with Crippen LogP contribution in [0, 0.1) is 0 Å². The maximum absolute atomic E-state index is 5.86. The molecule has 1 aromatic carbocycles. The summed E-state index contributed by atoms with van der Waals surface area (Å²) in [4.78, 5) is 5.86. The minimum absolute atomic E-state index is 0.588. The van der Waals surface area contributed by atoms with Gasteiger partial charge < -0.3 is 0 Å². The lowest BCUT2D eigenvalue weighted by molar-refractivity contribution is -0.0591. The summed E-state index contributed by atoms with van der Waals surface area (Å²) in [5, 5.41) is 0. The molecule has 2 atom stereocenters. The maximum atomic E-state index is 5.86. The van der Waals surface area contributed by atoms with E-state index in [0.717, 1.165) is 19.6 Å². The molecule has 2 nitrogen and oxygen atoms in total. The minimum Gasteiger partial charge on any atom is -0.197 e. The van der Waals surface area contributed by atoms with E-state index in [9.17, 15) is 0 Å². The monoisotopic (exact) mass is 218 g/mol. The van der Waals surface area contributed by atoms with Crippen molar-refractivity contribution in [2.75, 3.05) is 13.2 Å². The summed E-state index contributed by atoms with van der Waals surface area (Å²) < 4.78 is 0.699. The van der Waals surface area contributed by atoms with Gasteiger partial charge in [0.15, 0.2) is 18.3 Å². The second-order valence-electron chi connectivity index (χ2n) is 4.40. The lowest BCUT2D eigenvalue weighted by atomic mass is 10.1. The third-order valence-electron chi connectivity index (χ3n) is 3.23. The largest absolute Gasteiger partial charge is 0.197 e. The van der Waals surface area contributed by atoms with E-state index in [2.05, 4.69) is 44.7 Å². The first-order chi connectivity index (χ1) is 7.73. The normalized spacial score (nSPS) is 27.8. The number of hydrogen-bond acceptors (Lipinski definition) is 1. The highest BCUT2D eigenvalue weighted by Crippen LogP contribution is 2.38. The van der Waals surface area contributed by atoms with Crippen LogP contribution in [0.2, 0.25) is 0 Å². The first-order valence-corrected chi connectivity index (χ1v) is 5.95. The number of benzene rings is 1. The Kier molecular flexibility index (Phi) is 3.13. The van der Waals surface area contributed by atoms with Crippen molar-refractivity contribution >= 4 is 5.69 Å². The Balaban J connectivity index is 2.17. The van der Waals surface area contributed by atoms with Crippen molar-refractivity contribution in [1.82, 2.24) is 4.65 Å². The van der Waals surface area contributed by atoms with Crippen LogP contribution in [0.3, 0.4) is 0 Å². The molecule has 0 aliphatic carbocycles. The van der Waals surface area contributed by atoms with Gasteiger partial charge in [0.05, 0.1) is 0 Å². The smallest absolute Gasteiger partial charge is 0.174 e. The van der Waals surface area contributed by atoms with Gasteiger partial charge in [0, 0.05) is 12.1 Å². The van der Waals surface area contributed by atoms with Gasteiger partial charge >= 0.3 is 0 Å². The van der Waals surface area contributed by atoms with Crippen LogP contribution in [-0.2, 0) is 11.3 Å². The highest BCUT2D eigenvalue weighted by Gasteiger charge is 2.56. The van der Waals surface area contributed by atoms with Crippen LogP contribution in [0.5, 0.6) is 0 Å². The molecule has 2 rings (SSSR count). The van der Waals surface area contributed by atoms with Crippen LogP contribution in [0.1, 0.15) is 19.4 Å². The maximum Gasteiger partial charge on any atom is 0.174 e. The molecule has 0 radical (unpaired) electrons. The van der Waals surface area contributed by atoms with Crippen LogP contribution >= 0.6 is 0 Å². The molecule has 0 saturated carbocycles. The summed E-state index contributed by atoms with van der Waals surface area (Å²) in [5.74, 6) is 0. The average Bonchev–Trinajstić information content (AvgIpc) is 2.92. The van der Waals surface area contributed by atoms with Gasteiger partial charge in [-0.3, -0.25) is 0 Å². The van der Waals surface area contributed by atoms with Crippen molar-refractivity contribution in [3.05, 3.63) is 42.5 Å². The number of hydroxylamine groups is 2. The van der Waals surface area contributed by atoms with E-state index in [1.807, 2.05) is 6.08 Å². The summed E-state index contributed by atoms with van der Waals surface area (Å²) in [5.41, 5.74) is 2.57. The van der Waals surface area contributed by atoms with Gasteiger partial charge in [-0.1, -0.05) is 18.2 Å². The van der Waals surface area contributed by atoms with Crippen molar-refractivity contribution in [3.8, 4) is 0 Å². The van der Waals surface area contributed by atoms with E-state index in [1.54, 1.807) is 0 Å². The summed E-state index contributed by atoms with van der Waals surface area (Å²) >= 11 is 0. The Hall–Kier alpha value is -1.12. The second kappa shape index (κ2) is 4.40. The Morgan fingerprint density at radius 1 is 1.44 bits per heavy atom. The number of rotatable bonds is 5. The third-order valence-corrected chi connectivity index (χ3v) is 3.23. The van der Waals surface area contributed by atoms with Gasteiger partial charge in [0.25, 0.3) is 0 Å². The molecule has 1 aliphatic rings. The minimum atomic E-state index is 0.588. The molecule has 2 heteroatoms. The van der Waals surface area contributed by atoms with Crippen molar-refractivity contribution in [2.45, 2.75) is 26.3 Å². The molecule has 1 heterocycles. The second-order valence-corrected chi connectivity index (χ2v) is 4.40. The van der Waals surface area contributed by atoms with Crippen molar-refractivity contribution < 1.29 is 4.84 Å². The predicted octanol–water partition coefficient (Wildman–Crippen LogP) is 3.08. The summed E-state index contributed by atoms with van der Waals surface area (Å²) in [6.07, 6.45) is 2.87. The molecular formula is C14H20NO+. The van der Waals surface area contributed by atoms with Crippen LogP contribution in [0.15, 0.2) is 36.9 Å². The fourth-order valence-corrected chi connectivity index (χ4v) is 2.24. The standard InChI is InChI=1S/C14H20NO/c1-4-6-13-7-9-14(10-8-13)15(16-5-2)11-12(15)3/h4,7-10,12H,1,5-6,11H2,2-3H3/q+1. The fraction of sp³-hybridized carbons (Fsp3) is 0.429. The Morgan fingerprint density at radius 3 is 2.50 bits per heavy atom. The van der Waals surface area contributed by atoms with E-state index >= 15 is 0 Å². The zero-order valence-corrected chi connectivity index (χ0v) is 10.1. The Bertz CT molecular complexity index is 371. The van der Waals surface area contributed by atoms with Gasteiger partial charge in [-0.25, -0.2) is 0 Å². The highest BCUT2D eigenvalue weighted by atomic mass is 16.7. The zero-order valence-electron chi connectivity index (χ0n) is 10.1. The van der Waals surface area contributed by atoms with Gasteiger partial charge in [-0.15, -0.1) is 11.2 Å². The zero-order chi connectivity index (χ0) is 11.6. The molecule has 0 bridgehead atoms. The summed E-state index contributed by atoms with van der Waals surface area (Å²) in [7, 11) is 0. The lowest BCUT2D eigenvalue weighted by Crippen LogP contribution is -2.28. The van der Waals surface area contributed by atoms with Crippen molar-refractivity contribution in [1.29, 1.82) is 0 Å². The van der Waals surface area contributed by atoms with Crippen LogP contribution in [0.4, 0.5) is 5.69 Å². The quantitative estimate of drug-likeness (QED) is 0.419. The van der Waals surface area contributed by atoms with E-state index in [-0.39, 0.29) is 0 Å². The fourth-order valence-electron chi connectivity index (χ4n) is 2.24. The SMILES string of the molecule is C=CCc1ccc([N+]2(OCC)CC2C)cc1. The highest BCUT2D eigenvalue weighted by molar-refractivity contribution is 5.47. The molecule has 1 aromatic rings. The molecule has 0 spiro atoms. The van der Waals surface area contributed by atoms with Crippen LogP contribution in [-0.4, -0.2) is 19.2 Å². The third kappa shape index (κ3) is 1.91. The molecule has 1 saturated heterocycles. The van der Waals surface area contributed by atoms with Crippen molar-refractivity contribution in [3.63, 3.8) is 0 Å². The van der Waals surface area contributed by atoms with E-state index < -0.39 is 0 Å². The lowest BCUT2D eigenvalue weighted by Gasteiger charge is -2.16. The molecule has 16 heavy (non-hydrogen) atoms. The van der Waals surface area contributed by atoms with E-state index in [1.165, 1.54) is 11.3 Å². The average molecular weight is 218 g/mol. The van der Waals surface area contributed by atoms with E-state index in [4.69, 9.17) is 4.84 Å². The Labute approximate surface area is 97.7 Å². The molecular weight excluding hydrogens is 198 g/mol. The number of allylic oxidation sites excluding steroid dienone is 1. The van der Waals surface area contributed by atoms with Gasteiger partial charge in [-0.2, -0.15) is 4.84 Å². The predicted molar refractivity (Wildman–Crippen MR) is 68.1 cm³/mol. The number of nitrogens with zero attached hydrogens (tertiary/aromatic N) is 1. The van der Waals surface area contributed by atoms with Gasteiger partial charge in [0.1, 0.15) is 6.61 Å². The molecule has 0 N–H and O–H groups in total. The first-order valence-electron chi connectivity index (χ1n) is 5.95. The first kappa shape index (κ1) is 11.4. The van der Waals surface area contributed by atoms with Crippen molar-refractivity contribution in [2.24, 2.45) is 0 Å². The summed E-state index contributed by atoms with van der Waals surface area (Å²) in [6, 6.07) is 9.28. The molecule has 1 fully saturated rings. The topological polar surface area (TPSA) is 9.23 Å². The Morgan fingerprint density at radius 2 is 2.06 bits per heavy atom. The molecule has 86 valence electrons. The van der Waals surface area contributed by atoms with Gasteiger partial charge in [0.2, 0.25) is 0 Å².